The maximum absolute atomic E-state index is 12.4. The Labute approximate surface area is 188 Å². The van der Waals surface area contributed by atoms with E-state index in [2.05, 4.69) is 15.5 Å². The minimum absolute atomic E-state index is 0.0999. The number of fused-ring (bicyclic) bond motifs is 1. The molecule has 1 aromatic heterocycles. The van der Waals surface area contributed by atoms with Crippen LogP contribution in [0.25, 0.3) is 0 Å². The maximum Gasteiger partial charge on any atom is 0.231 e. The minimum atomic E-state index is -0.162. The van der Waals surface area contributed by atoms with Gasteiger partial charge in [-0.15, -0.1) is 10.2 Å². The first-order chi connectivity index (χ1) is 15.0. The third kappa shape index (κ3) is 5.23. The zero-order valence-electron chi connectivity index (χ0n) is 17.0. The number of ether oxygens (including phenoxy) is 3. The topological polar surface area (TPSA) is 87.5 Å². The molecule has 1 amide bonds. The molecule has 1 atom stereocenters. The summed E-state index contributed by atoms with van der Waals surface area (Å²) in [6.45, 7) is 2.41. The van der Waals surface area contributed by atoms with E-state index in [1.807, 2.05) is 36.7 Å². The summed E-state index contributed by atoms with van der Waals surface area (Å²) in [4.78, 5) is 12.4. The van der Waals surface area contributed by atoms with Crippen LogP contribution in [0.1, 0.15) is 24.4 Å². The third-order valence-electron chi connectivity index (χ3n) is 4.71. The fourth-order valence-electron chi connectivity index (χ4n) is 2.95. The summed E-state index contributed by atoms with van der Waals surface area (Å²) in [6.07, 6.45) is 0. The van der Waals surface area contributed by atoms with Crippen LogP contribution in [0.15, 0.2) is 47.6 Å². The SMILES string of the molecule is C[C@@H](NC(=O)CSc1nnc(COc2ccc(Cl)cc2)n1C)c1ccc2c(c1)OCO2. The van der Waals surface area contributed by atoms with Gasteiger partial charge >= 0.3 is 0 Å². The maximum atomic E-state index is 12.4. The van der Waals surface area contributed by atoms with Crippen LogP contribution in [0.5, 0.6) is 17.2 Å². The van der Waals surface area contributed by atoms with Gasteiger partial charge < -0.3 is 24.1 Å². The summed E-state index contributed by atoms with van der Waals surface area (Å²) < 4.78 is 18.2. The predicted octanol–water partition coefficient (Wildman–Crippen LogP) is 3.75. The molecule has 0 fully saturated rings. The Balaban J connectivity index is 1.27. The molecule has 8 nitrogen and oxygen atoms in total. The lowest BCUT2D eigenvalue weighted by Gasteiger charge is -2.14. The Morgan fingerprint density at radius 2 is 2.00 bits per heavy atom. The molecule has 0 unspecified atom stereocenters. The number of halogens is 1. The molecule has 0 saturated carbocycles. The minimum Gasteiger partial charge on any atom is -0.486 e. The van der Waals surface area contributed by atoms with E-state index in [-0.39, 0.29) is 31.1 Å². The van der Waals surface area contributed by atoms with E-state index in [9.17, 15) is 4.79 Å². The van der Waals surface area contributed by atoms with Crippen LogP contribution < -0.4 is 19.5 Å². The Kier molecular flexibility index (Phi) is 6.53. The molecular formula is C21H21ClN4O4S. The molecule has 1 N–H and O–H groups in total. The molecular weight excluding hydrogens is 440 g/mol. The van der Waals surface area contributed by atoms with E-state index < -0.39 is 0 Å². The second-order valence-electron chi connectivity index (χ2n) is 6.89. The van der Waals surface area contributed by atoms with E-state index >= 15 is 0 Å². The number of nitrogens with one attached hydrogen (secondary N) is 1. The molecule has 10 heteroatoms. The van der Waals surface area contributed by atoms with Gasteiger partial charge in [-0.2, -0.15) is 0 Å². The van der Waals surface area contributed by atoms with Crippen molar-refractivity contribution in [2.75, 3.05) is 12.5 Å². The summed E-state index contributed by atoms with van der Waals surface area (Å²) in [5, 5.41) is 12.6. The van der Waals surface area contributed by atoms with Crippen molar-refractivity contribution in [3.8, 4) is 17.2 Å². The molecule has 31 heavy (non-hydrogen) atoms. The molecule has 0 bridgehead atoms. The van der Waals surface area contributed by atoms with Crippen molar-refractivity contribution >= 4 is 29.3 Å². The highest BCUT2D eigenvalue weighted by atomic mass is 35.5. The second-order valence-corrected chi connectivity index (χ2v) is 8.27. The average molecular weight is 461 g/mol. The van der Waals surface area contributed by atoms with Crippen LogP contribution >= 0.6 is 23.4 Å². The normalized spacial score (nSPS) is 13.1. The number of hydrogen-bond acceptors (Lipinski definition) is 7. The molecule has 0 spiro atoms. The van der Waals surface area contributed by atoms with Crippen molar-refractivity contribution in [2.45, 2.75) is 24.7 Å². The molecule has 0 aliphatic carbocycles. The monoisotopic (exact) mass is 460 g/mol. The van der Waals surface area contributed by atoms with Crippen LogP contribution in [-0.2, 0) is 18.4 Å². The van der Waals surface area contributed by atoms with Crippen molar-refractivity contribution in [1.29, 1.82) is 0 Å². The Morgan fingerprint density at radius 1 is 1.23 bits per heavy atom. The summed E-state index contributed by atoms with van der Waals surface area (Å²) >= 11 is 7.19. The smallest absolute Gasteiger partial charge is 0.231 e. The number of aromatic nitrogens is 3. The van der Waals surface area contributed by atoms with E-state index in [0.29, 0.717) is 27.5 Å². The zero-order chi connectivity index (χ0) is 21.8. The number of benzene rings is 2. The summed E-state index contributed by atoms with van der Waals surface area (Å²) in [7, 11) is 1.84. The van der Waals surface area contributed by atoms with Gasteiger partial charge in [0, 0.05) is 12.1 Å². The molecule has 1 aliphatic rings. The van der Waals surface area contributed by atoms with Crippen molar-refractivity contribution < 1.29 is 19.0 Å². The third-order valence-corrected chi connectivity index (χ3v) is 5.99. The Hall–Kier alpha value is -2.91. The molecule has 162 valence electrons. The number of thioether (sulfide) groups is 1. The predicted molar refractivity (Wildman–Crippen MR) is 117 cm³/mol. The van der Waals surface area contributed by atoms with Gasteiger partial charge in [0.1, 0.15) is 12.4 Å². The van der Waals surface area contributed by atoms with E-state index in [0.717, 1.165) is 11.3 Å². The molecule has 1 aliphatic heterocycles. The van der Waals surface area contributed by atoms with Gasteiger partial charge in [0.15, 0.2) is 22.5 Å². The highest BCUT2D eigenvalue weighted by Crippen LogP contribution is 2.34. The van der Waals surface area contributed by atoms with Gasteiger partial charge in [-0.05, 0) is 48.9 Å². The van der Waals surface area contributed by atoms with Crippen LogP contribution in [-0.4, -0.2) is 33.2 Å². The summed E-state index contributed by atoms with van der Waals surface area (Å²) in [6, 6.07) is 12.6. The fraction of sp³-hybridized carbons (Fsp3) is 0.286. The molecule has 0 saturated heterocycles. The highest BCUT2D eigenvalue weighted by Gasteiger charge is 2.18. The van der Waals surface area contributed by atoms with Gasteiger partial charge in [0.2, 0.25) is 12.7 Å². The van der Waals surface area contributed by atoms with Gasteiger partial charge in [-0.25, -0.2) is 0 Å². The van der Waals surface area contributed by atoms with E-state index in [4.69, 9.17) is 25.8 Å². The molecule has 2 heterocycles. The first kappa shape index (κ1) is 21.3. The van der Waals surface area contributed by atoms with Gasteiger partial charge in [0.25, 0.3) is 0 Å². The lowest BCUT2D eigenvalue weighted by molar-refractivity contribution is -0.119. The standard InChI is InChI=1S/C21H21ClN4O4S/c1-13(14-3-8-17-18(9-14)30-12-29-17)23-20(27)11-31-21-25-24-19(26(21)2)10-28-16-6-4-15(22)5-7-16/h3-9,13H,10-12H2,1-2H3,(H,23,27)/t13-/m1/s1. The van der Waals surface area contributed by atoms with Gasteiger partial charge in [0.05, 0.1) is 11.8 Å². The second kappa shape index (κ2) is 9.49. The summed E-state index contributed by atoms with van der Waals surface area (Å²) in [5.74, 6) is 2.89. The van der Waals surface area contributed by atoms with Crippen molar-refractivity contribution in [3.05, 3.63) is 58.9 Å². The van der Waals surface area contributed by atoms with Gasteiger partial charge in [-0.1, -0.05) is 29.4 Å². The van der Waals surface area contributed by atoms with Gasteiger partial charge in [-0.3, -0.25) is 4.79 Å². The zero-order valence-corrected chi connectivity index (χ0v) is 18.6. The lowest BCUT2D eigenvalue weighted by Crippen LogP contribution is -2.28. The highest BCUT2D eigenvalue weighted by molar-refractivity contribution is 7.99. The van der Waals surface area contributed by atoms with E-state index in [1.165, 1.54) is 11.8 Å². The first-order valence-electron chi connectivity index (χ1n) is 9.58. The number of rotatable bonds is 8. The number of nitrogens with zero attached hydrogens (tertiary/aromatic N) is 3. The number of hydrogen-bond donors (Lipinski definition) is 1. The van der Waals surface area contributed by atoms with Crippen LogP contribution in [0.4, 0.5) is 0 Å². The van der Waals surface area contributed by atoms with E-state index in [1.54, 1.807) is 24.3 Å². The van der Waals surface area contributed by atoms with Crippen LogP contribution in [0.3, 0.4) is 0 Å². The van der Waals surface area contributed by atoms with Crippen molar-refractivity contribution in [2.24, 2.45) is 7.05 Å². The molecule has 4 rings (SSSR count). The van der Waals surface area contributed by atoms with Crippen molar-refractivity contribution in [3.63, 3.8) is 0 Å². The van der Waals surface area contributed by atoms with Crippen molar-refractivity contribution in [1.82, 2.24) is 20.1 Å². The number of carbonyl (C=O) groups is 1. The lowest BCUT2D eigenvalue weighted by atomic mass is 10.1. The quantitative estimate of drug-likeness (QED) is 0.512. The Bertz CT molecular complexity index is 1070. The Morgan fingerprint density at radius 3 is 2.81 bits per heavy atom. The molecule has 0 radical (unpaired) electrons. The summed E-state index contributed by atoms with van der Waals surface area (Å²) in [5.41, 5.74) is 0.947. The first-order valence-corrected chi connectivity index (χ1v) is 10.9. The van der Waals surface area contributed by atoms with Crippen LogP contribution in [0, 0.1) is 0 Å². The number of carbonyl (C=O) groups excluding carboxylic acids is 1. The fourth-order valence-corrected chi connectivity index (χ4v) is 3.82. The largest absolute Gasteiger partial charge is 0.486 e. The average Bonchev–Trinajstić information content (AvgIpc) is 3.37. The molecule has 2 aromatic carbocycles. The number of amides is 1. The molecule has 3 aromatic rings. The van der Waals surface area contributed by atoms with Crippen LogP contribution in [0.2, 0.25) is 5.02 Å².